The summed E-state index contributed by atoms with van der Waals surface area (Å²) in [6, 6.07) is 5.23. The van der Waals surface area contributed by atoms with Crippen LogP contribution in [0.2, 0.25) is 0 Å². The van der Waals surface area contributed by atoms with Crippen molar-refractivity contribution in [2.24, 2.45) is 5.73 Å². The predicted octanol–water partition coefficient (Wildman–Crippen LogP) is 1.70. The van der Waals surface area contributed by atoms with Gasteiger partial charge in [-0.15, -0.1) is 0 Å². The minimum Gasteiger partial charge on any atom is -0.497 e. The van der Waals surface area contributed by atoms with Crippen molar-refractivity contribution in [1.29, 1.82) is 0 Å². The van der Waals surface area contributed by atoms with Crippen LogP contribution in [0, 0.1) is 0 Å². The smallest absolute Gasteiger partial charge is 0.251 e. The summed E-state index contributed by atoms with van der Waals surface area (Å²) in [5.74, 6) is 1.06. The fraction of sp³-hybridized carbons (Fsp3) is 0.533. The highest BCUT2D eigenvalue weighted by Crippen LogP contribution is 2.23. The first kappa shape index (κ1) is 14.7. The Balaban J connectivity index is 2.11. The molecule has 5 nitrogen and oxygen atoms in total. The van der Waals surface area contributed by atoms with Gasteiger partial charge in [-0.3, -0.25) is 4.79 Å². The quantitative estimate of drug-likeness (QED) is 0.879. The van der Waals surface area contributed by atoms with Gasteiger partial charge in [0, 0.05) is 23.7 Å². The average molecular weight is 278 g/mol. The van der Waals surface area contributed by atoms with Crippen LogP contribution in [0.1, 0.15) is 36.0 Å². The van der Waals surface area contributed by atoms with Gasteiger partial charge in [-0.1, -0.05) is 12.8 Å². The SMILES string of the molecule is COc1cc(OC)cc(C(=O)N[C@@H]2CCCC[C@H]2N)c1. The lowest BCUT2D eigenvalue weighted by atomic mass is 9.91. The molecule has 0 aromatic heterocycles. The van der Waals surface area contributed by atoms with E-state index in [0.29, 0.717) is 17.1 Å². The second kappa shape index (κ2) is 6.61. The summed E-state index contributed by atoms with van der Waals surface area (Å²) < 4.78 is 10.3. The van der Waals surface area contributed by atoms with Crippen molar-refractivity contribution in [1.82, 2.24) is 5.32 Å². The summed E-state index contributed by atoms with van der Waals surface area (Å²) in [4.78, 5) is 12.3. The van der Waals surface area contributed by atoms with E-state index >= 15 is 0 Å². The van der Waals surface area contributed by atoms with Crippen LogP contribution in [0.15, 0.2) is 18.2 Å². The molecule has 1 amide bonds. The zero-order valence-corrected chi connectivity index (χ0v) is 12.0. The number of methoxy groups -OCH3 is 2. The maximum Gasteiger partial charge on any atom is 0.251 e. The number of hydrogen-bond acceptors (Lipinski definition) is 4. The Morgan fingerprint density at radius 2 is 1.75 bits per heavy atom. The number of rotatable bonds is 4. The Bertz CT molecular complexity index is 454. The first-order valence-corrected chi connectivity index (χ1v) is 6.93. The van der Waals surface area contributed by atoms with Crippen molar-refractivity contribution >= 4 is 5.91 Å². The standard InChI is InChI=1S/C15H22N2O3/c1-19-11-7-10(8-12(9-11)20-2)15(18)17-14-6-4-3-5-13(14)16/h7-9,13-14H,3-6,16H2,1-2H3,(H,17,18)/t13-,14-/m1/s1. The second-order valence-electron chi connectivity index (χ2n) is 5.13. The van der Waals surface area contributed by atoms with Crippen LogP contribution in [-0.4, -0.2) is 32.2 Å². The van der Waals surface area contributed by atoms with Crippen molar-refractivity contribution in [3.05, 3.63) is 23.8 Å². The second-order valence-corrected chi connectivity index (χ2v) is 5.13. The zero-order valence-electron chi connectivity index (χ0n) is 12.0. The fourth-order valence-corrected chi connectivity index (χ4v) is 2.53. The molecule has 1 saturated carbocycles. The van der Waals surface area contributed by atoms with Gasteiger partial charge < -0.3 is 20.5 Å². The number of ether oxygens (including phenoxy) is 2. The molecule has 5 heteroatoms. The highest BCUT2D eigenvalue weighted by atomic mass is 16.5. The predicted molar refractivity (Wildman–Crippen MR) is 77.2 cm³/mol. The number of nitrogens with one attached hydrogen (secondary N) is 1. The molecular formula is C15H22N2O3. The fourth-order valence-electron chi connectivity index (χ4n) is 2.53. The number of carbonyl (C=O) groups is 1. The summed E-state index contributed by atoms with van der Waals surface area (Å²) in [6.07, 6.45) is 4.15. The maximum absolute atomic E-state index is 12.3. The van der Waals surface area contributed by atoms with E-state index in [1.54, 1.807) is 32.4 Å². The largest absolute Gasteiger partial charge is 0.497 e. The third-order valence-corrected chi connectivity index (χ3v) is 3.75. The van der Waals surface area contributed by atoms with Crippen LogP contribution < -0.4 is 20.5 Å². The summed E-state index contributed by atoms with van der Waals surface area (Å²) >= 11 is 0. The van der Waals surface area contributed by atoms with E-state index in [1.165, 1.54) is 0 Å². The van der Waals surface area contributed by atoms with E-state index in [4.69, 9.17) is 15.2 Å². The maximum atomic E-state index is 12.3. The molecule has 0 unspecified atom stereocenters. The Labute approximate surface area is 119 Å². The Morgan fingerprint density at radius 3 is 2.30 bits per heavy atom. The third kappa shape index (κ3) is 3.42. The first-order valence-electron chi connectivity index (χ1n) is 6.93. The van der Waals surface area contributed by atoms with Crippen LogP contribution >= 0.6 is 0 Å². The number of hydrogen-bond donors (Lipinski definition) is 2. The summed E-state index contributed by atoms with van der Waals surface area (Å²) in [5.41, 5.74) is 6.58. The van der Waals surface area contributed by atoms with Gasteiger partial charge in [0.15, 0.2) is 0 Å². The lowest BCUT2D eigenvalue weighted by Crippen LogP contribution is -2.49. The summed E-state index contributed by atoms with van der Waals surface area (Å²) in [5, 5.41) is 3.01. The van der Waals surface area contributed by atoms with E-state index in [0.717, 1.165) is 25.7 Å². The van der Waals surface area contributed by atoms with Crippen molar-refractivity contribution < 1.29 is 14.3 Å². The van der Waals surface area contributed by atoms with E-state index in [9.17, 15) is 4.79 Å². The average Bonchev–Trinajstić information content (AvgIpc) is 2.48. The third-order valence-electron chi connectivity index (χ3n) is 3.75. The molecule has 1 aliphatic carbocycles. The van der Waals surface area contributed by atoms with Crippen molar-refractivity contribution in [3.63, 3.8) is 0 Å². The molecule has 0 radical (unpaired) electrons. The number of benzene rings is 1. The monoisotopic (exact) mass is 278 g/mol. The van der Waals surface area contributed by atoms with E-state index in [-0.39, 0.29) is 18.0 Å². The molecule has 1 aromatic rings. The van der Waals surface area contributed by atoms with Crippen molar-refractivity contribution in [2.45, 2.75) is 37.8 Å². The van der Waals surface area contributed by atoms with Crippen LogP contribution in [0.4, 0.5) is 0 Å². The molecule has 1 aromatic carbocycles. The van der Waals surface area contributed by atoms with Gasteiger partial charge in [0.2, 0.25) is 0 Å². The van der Waals surface area contributed by atoms with Crippen LogP contribution in [-0.2, 0) is 0 Å². The lowest BCUT2D eigenvalue weighted by Gasteiger charge is -2.29. The lowest BCUT2D eigenvalue weighted by molar-refractivity contribution is 0.0920. The van der Waals surface area contributed by atoms with Gasteiger partial charge in [0.25, 0.3) is 5.91 Å². The molecule has 0 bridgehead atoms. The van der Waals surface area contributed by atoms with E-state index < -0.39 is 0 Å². The molecule has 0 heterocycles. The van der Waals surface area contributed by atoms with E-state index in [2.05, 4.69) is 5.32 Å². The molecule has 0 spiro atoms. The Morgan fingerprint density at radius 1 is 1.15 bits per heavy atom. The van der Waals surface area contributed by atoms with Gasteiger partial charge >= 0.3 is 0 Å². The van der Waals surface area contributed by atoms with Crippen LogP contribution in [0.25, 0.3) is 0 Å². The highest BCUT2D eigenvalue weighted by Gasteiger charge is 2.24. The van der Waals surface area contributed by atoms with Crippen molar-refractivity contribution in [2.75, 3.05) is 14.2 Å². The van der Waals surface area contributed by atoms with Gasteiger partial charge in [0.05, 0.1) is 14.2 Å². The molecule has 3 N–H and O–H groups in total. The summed E-state index contributed by atoms with van der Waals surface area (Å²) in [7, 11) is 3.13. The topological polar surface area (TPSA) is 73.6 Å². The molecule has 0 saturated heterocycles. The zero-order chi connectivity index (χ0) is 14.5. The highest BCUT2D eigenvalue weighted by molar-refractivity contribution is 5.95. The van der Waals surface area contributed by atoms with Gasteiger partial charge in [-0.05, 0) is 25.0 Å². The molecule has 0 aliphatic heterocycles. The van der Waals surface area contributed by atoms with Crippen molar-refractivity contribution in [3.8, 4) is 11.5 Å². The van der Waals surface area contributed by atoms with E-state index in [1.807, 2.05) is 0 Å². The minimum absolute atomic E-state index is 0.0419. The molecular weight excluding hydrogens is 256 g/mol. The number of nitrogens with two attached hydrogens (primary N) is 1. The molecule has 2 rings (SSSR count). The van der Waals surface area contributed by atoms with Crippen LogP contribution in [0.5, 0.6) is 11.5 Å². The van der Waals surface area contributed by atoms with Crippen LogP contribution in [0.3, 0.4) is 0 Å². The van der Waals surface area contributed by atoms with Gasteiger partial charge in [0.1, 0.15) is 11.5 Å². The molecule has 1 fully saturated rings. The van der Waals surface area contributed by atoms with Gasteiger partial charge in [-0.25, -0.2) is 0 Å². The summed E-state index contributed by atoms with van der Waals surface area (Å²) in [6.45, 7) is 0. The van der Waals surface area contributed by atoms with Gasteiger partial charge in [-0.2, -0.15) is 0 Å². The molecule has 2 atom stereocenters. The Kier molecular flexibility index (Phi) is 4.84. The molecule has 20 heavy (non-hydrogen) atoms. The normalized spacial score (nSPS) is 22.1. The Hall–Kier alpha value is -1.75. The molecule has 1 aliphatic rings. The number of amides is 1. The first-order chi connectivity index (χ1) is 9.63. The molecule has 110 valence electrons. The minimum atomic E-state index is -0.135. The number of carbonyl (C=O) groups excluding carboxylic acids is 1.